The van der Waals surface area contributed by atoms with Crippen LogP contribution in [0.4, 0.5) is 51.2 Å². The third-order valence-electron chi connectivity index (χ3n) is 16.1. The fourth-order valence-electron chi connectivity index (χ4n) is 11.9. The van der Waals surface area contributed by atoms with E-state index < -0.39 is 6.04 Å². The summed E-state index contributed by atoms with van der Waals surface area (Å²) in [4.78, 5) is 6.81. The summed E-state index contributed by atoms with van der Waals surface area (Å²) in [6, 6.07) is 35.5. The quantitative estimate of drug-likeness (QED) is 0.149. The molecule has 0 saturated heterocycles. The average Bonchev–Trinajstić information content (AvgIpc) is 3.77. The molecule has 0 bridgehead atoms. The van der Waals surface area contributed by atoms with Gasteiger partial charge in [-0.2, -0.15) is 0 Å². The van der Waals surface area contributed by atoms with E-state index >= 15 is 0 Å². The van der Waals surface area contributed by atoms with Crippen molar-refractivity contribution in [2.75, 3.05) is 14.7 Å². The molecule has 0 radical (unpaired) electrons. The van der Waals surface area contributed by atoms with Crippen LogP contribution >= 0.6 is 0 Å². The Labute approximate surface area is 408 Å². The number of hydrogen-bond donors (Lipinski definition) is 0. The molecule has 0 spiro atoms. The van der Waals surface area contributed by atoms with Crippen molar-refractivity contribution >= 4 is 74.5 Å². The molecule has 11 rings (SSSR count). The van der Waals surface area contributed by atoms with Crippen LogP contribution in [-0.2, 0) is 21.7 Å². The van der Waals surface area contributed by atoms with Gasteiger partial charge in [0.05, 0.1) is 23.9 Å². The largest absolute Gasteiger partial charge is 0.472 e. The fraction of sp³-hybridized carbons (Fsp3) is 0.355. The van der Waals surface area contributed by atoms with Gasteiger partial charge in [-0.05, 0) is 154 Å². The Morgan fingerprint density at radius 2 is 1.18 bits per heavy atom. The molecular weight excluding hydrogens is 814 g/mol. The predicted molar refractivity (Wildman–Crippen MR) is 286 cm³/mol. The molecule has 0 amide bonds. The third-order valence-corrected chi connectivity index (χ3v) is 16.1. The normalized spacial score (nSPS) is 19.0. The third kappa shape index (κ3) is 6.84. The Morgan fingerprint density at radius 3 is 1.88 bits per heavy atom. The van der Waals surface area contributed by atoms with E-state index in [-0.39, 0.29) is 70.1 Å². The Bertz CT molecular complexity index is 3340. The van der Waals surface area contributed by atoms with Gasteiger partial charge in [-0.15, -0.1) is 0 Å². The van der Waals surface area contributed by atoms with Crippen molar-refractivity contribution in [3.63, 3.8) is 0 Å². The summed E-state index contributed by atoms with van der Waals surface area (Å²) >= 11 is 0. The zero-order valence-corrected chi connectivity index (χ0v) is 41.6. The molecule has 1 aromatic heterocycles. The van der Waals surface area contributed by atoms with Gasteiger partial charge in [-0.3, -0.25) is 0 Å². The van der Waals surface area contributed by atoms with Gasteiger partial charge in [-0.25, -0.2) is 0 Å². The van der Waals surface area contributed by atoms with E-state index in [2.05, 4.69) is 166 Å². The molecule has 0 unspecified atom stereocenters. The van der Waals surface area contributed by atoms with Crippen molar-refractivity contribution in [2.45, 2.75) is 142 Å². The number of nitrogens with zero attached hydrogens (tertiary/aromatic N) is 3. The molecular formula is C62H68BN3O. The highest BCUT2D eigenvalue weighted by atomic mass is 16.3. The first kappa shape index (κ1) is 38.1. The monoisotopic (exact) mass is 887 g/mol. The van der Waals surface area contributed by atoms with Crippen LogP contribution in [0.3, 0.4) is 0 Å². The molecule has 4 nitrogen and oxygen atoms in total. The maximum Gasteiger partial charge on any atom is 0.297 e. The van der Waals surface area contributed by atoms with E-state index in [9.17, 15) is 2.74 Å². The van der Waals surface area contributed by atoms with Gasteiger partial charge in [0.2, 0.25) is 0 Å². The van der Waals surface area contributed by atoms with Crippen LogP contribution in [0.2, 0.25) is 0 Å². The van der Waals surface area contributed by atoms with E-state index in [4.69, 9.17) is 8.53 Å². The lowest BCUT2D eigenvalue weighted by Crippen LogP contribution is -2.61. The maximum atomic E-state index is 9.54. The zero-order valence-electron chi connectivity index (χ0n) is 46.6. The van der Waals surface area contributed by atoms with Gasteiger partial charge in [0.25, 0.3) is 6.71 Å². The van der Waals surface area contributed by atoms with Gasteiger partial charge >= 0.3 is 0 Å². The lowest BCUT2D eigenvalue weighted by Gasteiger charge is -2.46. The first-order chi connectivity index (χ1) is 33.9. The maximum absolute atomic E-state index is 9.54. The lowest BCUT2D eigenvalue weighted by molar-refractivity contribution is 0.282. The van der Waals surface area contributed by atoms with Crippen molar-refractivity contribution in [3.8, 4) is 0 Å². The molecule has 67 heavy (non-hydrogen) atoms. The highest BCUT2D eigenvalue weighted by Crippen LogP contribution is 2.57. The molecule has 4 aliphatic rings. The fourth-order valence-corrected chi connectivity index (χ4v) is 11.9. The number of rotatable bonds is 7. The van der Waals surface area contributed by atoms with Gasteiger partial charge in [0, 0.05) is 50.8 Å². The first-order valence-corrected chi connectivity index (χ1v) is 24.7. The van der Waals surface area contributed by atoms with Crippen LogP contribution in [0.5, 0.6) is 0 Å². The summed E-state index contributed by atoms with van der Waals surface area (Å²) in [5.41, 5.74) is 16.7. The van der Waals surface area contributed by atoms with E-state index in [0.29, 0.717) is 11.4 Å². The summed E-state index contributed by atoms with van der Waals surface area (Å²) < 4.78 is 53.4. The highest BCUT2D eigenvalue weighted by Gasteiger charge is 2.53. The van der Waals surface area contributed by atoms with Crippen molar-refractivity contribution in [2.24, 2.45) is 0 Å². The van der Waals surface area contributed by atoms with E-state index in [0.717, 1.165) is 82.2 Å². The Kier molecular flexibility index (Phi) is 8.69. The molecule has 5 heteroatoms. The summed E-state index contributed by atoms with van der Waals surface area (Å²) in [5, 5.41) is 0. The smallest absolute Gasteiger partial charge is 0.297 e. The minimum Gasteiger partial charge on any atom is -0.472 e. The molecule has 0 saturated carbocycles. The molecule has 0 atom stereocenters. The highest BCUT2D eigenvalue weighted by molar-refractivity contribution is 6.99. The average molecular weight is 887 g/mol. The van der Waals surface area contributed by atoms with E-state index in [1.54, 1.807) is 0 Å². The molecule has 2 aliphatic heterocycles. The second-order valence-corrected chi connectivity index (χ2v) is 23.2. The topological polar surface area (TPSA) is 22.9 Å². The second-order valence-electron chi connectivity index (χ2n) is 23.2. The lowest BCUT2D eigenvalue weighted by atomic mass is 9.35. The number of benzene rings is 6. The van der Waals surface area contributed by atoms with Gasteiger partial charge < -0.3 is 19.1 Å². The molecule has 2 aliphatic carbocycles. The van der Waals surface area contributed by atoms with Gasteiger partial charge in [-0.1, -0.05) is 150 Å². The zero-order chi connectivity index (χ0) is 51.3. The van der Waals surface area contributed by atoms with Crippen molar-refractivity contribution in [1.82, 2.24) is 0 Å². The van der Waals surface area contributed by atoms with Gasteiger partial charge in [0.1, 0.15) is 5.76 Å². The second kappa shape index (κ2) is 15.3. The molecule has 3 heterocycles. The molecule has 0 N–H and O–H groups in total. The number of furan rings is 1. The van der Waals surface area contributed by atoms with Crippen LogP contribution < -0.4 is 31.3 Å². The molecule has 340 valence electrons. The Hall–Kier alpha value is -5.94. The van der Waals surface area contributed by atoms with E-state index in [1.165, 1.54) is 27.8 Å². The van der Waals surface area contributed by atoms with Crippen LogP contribution in [-0.4, -0.2) is 6.71 Å². The minimum absolute atomic E-state index is 0.00509. The predicted octanol–water partition coefficient (Wildman–Crippen LogP) is 15.8. The molecule has 6 aromatic carbocycles. The first-order valence-electron chi connectivity index (χ1n) is 27.2. The van der Waals surface area contributed by atoms with Crippen molar-refractivity contribution < 1.29 is 11.3 Å². The Balaban J connectivity index is 1.34. The number of para-hydroxylation sites is 2. The standard InChI is InChI=1S/C62H68BN3O/c1-39(2)41-20-19-25-45(34-41)65-51-35-42(40(3)4)26-29-50(51)63-55-52(65)37-47(64(43-21-15-13-16-22-43)44-23-17-14-18-24-44)38-53(55)66(46-27-28-48-49(36-46)60(7,8)31-30-59(48,5)6)56-54-57(67-58(56)63)62(11,12)33-32-61(54,9)10/h13-29,34-40H,30-33H2,1-12H3/i13D,15D,16D,21D,22D. The number of hydrogen-bond acceptors (Lipinski definition) is 4. The summed E-state index contributed by atoms with van der Waals surface area (Å²) in [6.07, 6.45) is 4.16. The van der Waals surface area contributed by atoms with Crippen LogP contribution in [0, 0.1) is 0 Å². The van der Waals surface area contributed by atoms with Crippen molar-refractivity contribution in [3.05, 3.63) is 167 Å². The van der Waals surface area contributed by atoms with Crippen LogP contribution in [0.25, 0.3) is 0 Å². The summed E-state index contributed by atoms with van der Waals surface area (Å²) in [5.74, 6) is 1.58. The van der Waals surface area contributed by atoms with Crippen LogP contribution in [0.15, 0.2) is 138 Å². The number of anilines is 9. The van der Waals surface area contributed by atoms with Gasteiger partial charge in [0.15, 0.2) is 0 Å². The Morgan fingerprint density at radius 1 is 0.552 bits per heavy atom. The van der Waals surface area contributed by atoms with Crippen molar-refractivity contribution in [1.29, 1.82) is 0 Å². The number of fused-ring (bicyclic) bond motifs is 7. The van der Waals surface area contributed by atoms with Crippen LogP contribution in [0.1, 0.15) is 161 Å². The summed E-state index contributed by atoms with van der Waals surface area (Å²) in [7, 11) is 0. The molecule has 7 aromatic rings. The molecule has 0 fully saturated rings. The van der Waals surface area contributed by atoms with E-state index in [1.807, 2.05) is 35.2 Å². The minimum atomic E-state index is -0.425. The SMILES string of the molecule is [2H]c1c([2H])c([2H])c(N(c2ccccc2)c2cc3c4c(c2)N(c2ccc5c(c2)C(C)(C)CCC5(C)C)c2c(oc5c2C(C)(C)CCC5(C)C)B4c2ccc(C(C)C)cc2N3c2cccc(C(C)C)c2)c([2H])c1[2H]. The summed E-state index contributed by atoms with van der Waals surface area (Å²) in [6.45, 7) is 27.6.